The van der Waals surface area contributed by atoms with Crippen LogP contribution < -0.4 is 5.32 Å². The van der Waals surface area contributed by atoms with E-state index >= 15 is 0 Å². The fourth-order valence-electron chi connectivity index (χ4n) is 2.79. The van der Waals surface area contributed by atoms with Crippen molar-refractivity contribution in [1.82, 2.24) is 10.2 Å². The minimum atomic E-state index is 0.138. The molecule has 104 valence electrons. The molecule has 3 atom stereocenters. The lowest BCUT2D eigenvalue weighted by Crippen LogP contribution is -2.43. The van der Waals surface area contributed by atoms with E-state index in [-0.39, 0.29) is 17.9 Å². The quantitative estimate of drug-likeness (QED) is 0.906. The Bertz CT molecular complexity index is 418. The van der Waals surface area contributed by atoms with Gasteiger partial charge in [0, 0.05) is 19.0 Å². The molecule has 3 nitrogen and oxygen atoms in total. The normalized spacial score (nSPS) is 24.8. The summed E-state index contributed by atoms with van der Waals surface area (Å²) >= 11 is 0. The number of carbonyl (C=O) groups excluding carboxylic acids is 1. The van der Waals surface area contributed by atoms with Gasteiger partial charge in [-0.15, -0.1) is 0 Å². The first-order chi connectivity index (χ1) is 9.09. The molecule has 1 N–H and O–H groups in total. The molecular weight excluding hydrogens is 236 g/mol. The van der Waals surface area contributed by atoms with Crippen molar-refractivity contribution in [3.8, 4) is 0 Å². The maximum atomic E-state index is 12.6. The summed E-state index contributed by atoms with van der Waals surface area (Å²) < 4.78 is 0. The van der Waals surface area contributed by atoms with Crippen LogP contribution in [0, 0.1) is 5.92 Å². The largest absolute Gasteiger partial charge is 0.339 e. The Morgan fingerprint density at radius 1 is 1.37 bits per heavy atom. The highest BCUT2D eigenvalue weighted by molar-refractivity contribution is 5.79. The van der Waals surface area contributed by atoms with Gasteiger partial charge in [0.2, 0.25) is 5.91 Å². The Morgan fingerprint density at radius 2 is 2.05 bits per heavy atom. The Labute approximate surface area is 116 Å². The van der Waals surface area contributed by atoms with E-state index in [9.17, 15) is 4.79 Å². The third-order valence-electron chi connectivity index (χ3n) is 4.18. The second kappa shape index (κ2) is 6.20. The van der Waals surface area contributed by atoms with Crippen LogP contribution in [0.1, 0.15) is 38.3 Å². The molecule has 0 radical (unpaired) electrons. The van der Waals surface area contributed by atoms with E-state index in [1.807, 2.05) is 30.1 Å². The SMILES string of the molecule is CC1CC(C(=O)N(C)C(C)c2ccccc2)CCN1. The molecule has 0 aliphatic carbocycles. The van der Waals surface area contributed by atoms with E-state index in [4.69, 9.17) is 0 Å². The predicted octanol–water partition coefficient (Wildman–Crippen LogP) is 2.59. The average molecular weight is 260 g/mol. The van der Waals surface area contributed by atoms with E-state index < -0.39 is 0 Å². The highest BCUT2D eigenvalue weighted by Crippen LogP contribution is 2.24. The molecular formula is C16H24N2O. The van der Waals surface area contributed by atoms with Crippen LogP contribution in [-0.4, -0.2) is 30.4 Å². The van der Waals surface area contributed by atoms with Crippen LogP contribution in [0.25, 0.3) is 0 Å². The molecule has 19 heavy (non-hydrogen) atoms. The fraction of sp³-hybridized carbons (Fsp3) is 0.562. The summed E-state index contributed by atoms with van der Waals surface area (Å²) in [6, 6.07) is 10.8. The van der Waals surface area contributed by atoms with Crippen molar-refractivity contribution in [3.63, 3.8) is 0 Å². The highest BCUT2D eigenvalue weighted by atomic mass is 16.2. The minimum absolute atomic E-state index is 0.138. The molecule has 1 fully saturated rings. The molecule has 1 amide bonds. The average Bonchev–Trinajstić information content (AvgIpc) is 2.46. The smallest absolute Gasteiger partial charge is 0.226 e. The van der Waals surface area contributed by atoms with Crippen LogP contribution in [-0.2, 0) is 4.79 Å². The summed E-state index contributed by atoms with van der Waals surface area (Å²) in [7, 11) is 1.92. The molecule has 3 heteroatoms. The van der Waals surface area contributed by atoms with Crippen molar-refractivity contribution in [2.75, 3.05) is 13.6 Å². The van der Waals surface area contributed by atoms with Crippen LogP contribution in [0.4, 0.5) is 0 Å². The van der Waals surface area contributed by atoms with Crippen LogP contribution in [0.5, 0.6) is 0 Å². The van der Waals surface area contributed by atoms with Crippen molar-refractivity contribution in [2.45, 2.75) is 38.8 Å². The van der Waals surface area contributed by atoms with E-state index in [0.29, 0.717) is 6.04 Å². The summed E-state index contributed by atoms with van der Waals surface area (Å²) in [5.41, 5.74) is 1.19. The van der Waals surface area contributed by atoms with Gasteiger partial charge in [0.05, 0.1) is 6.04 Å². The highest BCUT2D eigenvalue weighted by Gasteiger charge is 2.29. The van der Waals surface area contributed by atoms with Gasteiger partial charge in [-0.1, -0.05) is 30.3 Å². The monoisotopic (exact) mass is 260 g/mol. The zero-order valence-corrected chi connectivity index (χ0v) is 12.1. The molecule has 0 aromatic heterocycles. The van der Waals surface area contributed by atoms with Crippen molar-refractivity contribution < 1.29 is 4.79 Å². The molecule has 3 unspecified atom stereocenters. The van der Waals surface area contributed by atoms with Gasteiger partial charge in [0.25, 0.3) is 0 Å². The molecule has 1 aliphatic rings. The number of nitrogens with one attached hydrogen (secondary N) is 1. The lowest BCUT2D eigenvalue weighted by Gasteiger charge is -2.33. The number of piperidine rings is 1. The van der Waals surface area contributed by atoms with E-state index in [2.05, 4.69) is 31.3 Å². The third kappa shape index (κ3) is 3.35. The third-order valence-corrected chi connectivity index (χ3v) is 4.18. The molecule has 2 rings (SSSR count). The van der Waals surface area contributed by atoms with Gasteiger partial charge < -0.3 is 10.2 Å². The van der Waals surface area contributed by atoms with Crippen molar-refractivity contribution in [1.29, 1.82) is 0 Å². The Balaban J connectivity index is 2.02. The zero-order valence-electron chi connectivity index (χ0n) is 12.1. The van der Waals surface area contributed by atoms with Gasteiger partial charge in [0.1, 0.15) is 0 Å². The topological polar surface area (TPSA) is 32.3 Å². The van der Waals surface area contributed by atoms with Crippen molar-refractivity contribution in [3.05, 3.63) is 35.9 Å². The molecule has 0 saturated carbocycles. The van der Waals surface area contributed by atoms with Gasteiger partial charge >= 0.3 is 0 Å². The van der Waals surface area contributed by atoms with Gasteiger partial charge in [-0.05, 0) is 38.8 Å². The van der Waals surface area contributed by atoms with E-state index in [0.717, 1.165) is 19.4 Å². The summed E-state index contributed by atoms with van der Waals surface area (Å²) in [6.45, 7) is 5.20. The van der Waals surface area contributed by atoms with Crippen LogP contribution >= 0.6 is 0 Å². The van der Waals surface area contributed by atoms with Crippen LogP contribution in [0.15, 0.2) is 30.3 Å². The first-order valence-electron chi connectivity index (χ1n) is 7.14. The number of carbonyl (C=O) groups is 1. The molecule has 0 bridgehead atoms. The fourth-order valence-corrected chi connectivity index (χ4v) is 2.79. The van der Waals surface area contributed by atoms with Gasteiger partial charge in [0.15, 0.2) is 0 Å². The lowest BCUT2D eigenvalue weighted by molar-refractivity contribution is -0.137. The molecule has 1 aromatic carbocycles. The number of nitrogens with zero attached hydrogens (tertiary/aromatic N) is 1. The Kier molecular flexibility index (Phi) is 4.59. The zero-order chi connectivity index (χ0) is 13.8. The first-order valence-corrected chi connectivity index (χ1v) is 7.14. The van der Waals surface area contributed by atoms with Crippen molar-refractivity contribution >= 4 is 5.91 Å². The summed E-state index contributed by atoms with van der Waals surface area (Å²) in [5, 5.41) is 3.40. The number of hydrogen-bond donors (Lipinski definition) is 1. The standard InChI is InChI=1S/C16H24N2O/c1-12-11-15(9-10-17-12)16(19)18(3)13(2)14-7-5-4-6-8-14/h4-8,12-13,15,17H,9-11H2,1-3H3. The van der Waals surface area contributed by atoms with E-state index in [1.165, 1.54) is 5.56 Å². The second-order valence-electron chi connectivity index (χ2n) is 5.61. The lowest BCUT2D eigenvalue weighted by atomic mass is 9.91. The number of amides is 1. The summed E-state index contributed by atoms with van der Waals surface area (Å²) in [5.74, 6) is 0.456. The van der Waals surface area contributed by atoms with Gasteiger partial charge in [-0.25, -0.2) is 0 Å². The van der Waals surface area contributed by atoms with E-state index in [1.54, 1.807) is 0 Å². The Hall–Kier alpha value is -1.35. The summed E-state index contributed by atoms with van der Waals surface area (Å²) in [6.07, 6.45) is 1.90. The minimum Gasteiger partial charge on any atom is -0.339 e. The summed E-state index contributed by atoms with van der Waals surface area (Å²) in [4.78, 5) is 14.5. The van der Waals surface area contributed by atoms with Gasteiger partial charge in [-0.2, -0.15) is 0 Å². The molecule has 1 heterocycles. The maximum absolute atomic E-state index is 12.6. The van der Waals surface area contributed by atoms with Crippen molar-refractivity contribution in [2.24, 2.45) is 5.92 Å². The van der Waals surface area contributed by atoms with Crippen LogP contribution in [0.2, 0.25) is 0 Å². The molecule has 1 aromatic rings. The maximum Gasteiger partial charge on any atom is 0.226 e. The molecule has 1 aliphatic heterocycles. The number of hydrogen-bond acceptors (Lipinski definition) is 2. The number of benzene rings is 1. The van der Waals surface area contributed by atoms with Crippen LogP contribution in [0.3, 0.4) is 0 Å². The second-order valence-corrected chi connectivity index (χ2v) is 5.61. The number of rotatable bonds is 3. The van der Waals surface area contributed by atoms with Gasteiger partial charge in [-0.3, -0.25) is 4.79 Å². The Morgan fingerprint density at radius 3 is 2.68 bits per heavy atom. The molecule has 1 saturated heterocycles. The predicted molar refractivity (Wildman–Crippen MR) is 77.8 cm³/mol. The first kappa shape index (κ1) is 14.1. The molecule has 0 spiro atoms.